The molecule has 0 aliphatic heterocycles. The molecule has 2 atom stereocenters. The average Bonchev–Trinajstić information content (AvgIpc) is 2.91. The summed E-state index contributed by atoms with van der Waals surface area (Å²) in [5.74, 6) is -1.50. The number of unbranched alkanes of at least 4 members (excludes halogenated alkanes) is 1. The lowest BCUT2D eigenvalue weighted by atomic mass is 10.3. The first-order chi connectivity index (χ1) is 7.06. The highest BCUT2D eigenvalue weighted by Crippen LogP contribution is 2.51. The molecule has 1 rings (SSSR count). The quantitative estimate of drug-likeness (QED) is 0.411. The maximum Gasteiger partial charge on any atom is 0.328 e. The Labute approximate surface area is 93.9 Å². The summed E-state index contributed by atoms with van der Waals surface area (Å²) in [4.78, 5) is 21.4. The molecule has 0 bridgehead atoms. The Kier molecular flexibility index (Phi) is 3.97. The maximum absolute atomic E-state index is 11.5. The number of hydrogen-bond acceptors (Lipinski definition) is 4. The molecule has 0 N–H and O–H groups in total. The van der Waals surface area contributed by atoms with Crippen LogP contribution >= 0.6 is 11.6 Å². The van der Waals surface area contributed by atoms with Gasteiger partial charge in [0.15, 0.2) is 4.87 Å². The zero-order valence-electron chi connectivity index (χ0n) is 8.92. The van der Waals surface area contributed by atoms with Gasteiger partial charge in [-0.2, -0.15) is 0 Å². The van der Waals surface area contributed by atoms with Crippen molar-refractivity contribution in [2.45, 2.75) is 31.1 Å². The van der Waals surface area contributed by atoms with Crippen LogP contribution in [0.4, 0.5) is 0 Å². The Morgan fingerprint density at radius 2 is 2.20 bits per heavy atom. The molecule has 1 aliphatic carbocycles. The van der Waals surface area contributed by atoms with Crippen LogP contribution in [0.1, 0.15) is 26.2 Å². The van der Waals surface area contributed by atoms with E-state index in [1.807, 2.05) is 6.92 Å². The van der Waals surface area contributed by atoms with Gasteiger partial charge in [0.25, 0.3) is 0 Å². The van der Waals surface area contributed by atoms with E-state index in [0.29, 0.717) is 13.0 Å². The molecule has 2 unspecified atom stereocenters. The van der Waals surface area contributed by atoms with Gasteiger partial charge < -0.3 is 9.47 Å². The lowest BCUT2D eigenvalue weighted by molar-refractivity contribution is -0.149. The van der Waals surface area contributed by atoms with Crippen molar-refractivity contribution >= 4 is 23.5 Å². The van der Waals surface area contributed by atoms with E-state index in [0.717, 1.165) is 12.8 Å². The van der Waals surface area contributed by atoms with E-state index in [4.69, 9.17) is 16.3 Å². The van der Waals surface area contributed by atoms with Crippen molar-refractivity contribution < 1.29 is 19.1 Å². The van der Waals surface area contributed by atoms with E-state index in [1.165, 1.54) is 7.11 Å². The summed E-state index contributed by atoms with van der Waals surface area (Å²) >= 11 is 5.94. The molecule has 0 aromatic carbocycles. The molecule has 1 saturated carbocycles. The van der Waals surface area contributed by atoms with Crippen molar-refractivity contribution in [2.75, 3.05) is 13.7 Å². The number of halogens is 1. The Bertz CT molecular complexity index is 266. The molecule has 0 aromatic rings. The topological polar surface area (TPSA) is 52.6 Å². The van der Waals surface area contributed by atoms with Gasteiger partial charge in [0.1, 0.15) is 0 Å². The van der Waals surface area contributed by atoms with Crippen LogP contribution in [-0.4, -0.2) is 30.5 Å². The third-order valence-corrected chi connectivity index (χ3v) is 3.02. The molecule has 0 spiro atoms. The van der Waals surface area contributed by atoms with E-state index in [1.54, 1.807) is 0 Å². The molecule has 15 heavy (non-hydrogen) atoms. The predicted octanol–water partition coefficient (Wildman–Crippen LogP) is 1.50. The van der Waals surface area contributed by atoms with Gasteiger partial charge in [0, 0.05) is 0 Å². The third kappa shape index (κ3) is 2.62. The van der Waals surface area contributed by atoms with E-state index >= 15 is 0 Å². The predicted molar refractivity (Wildman–Crippen MR) is 54.6 cm³/mol. The van der Waals surface area contributed by atoms with E-state index in [2.05, 4.69) is 4.74 Å². The van der Waals surface area contributed by atoms with Gasteiger partial charge in [-0.25, -0.2) is 0 Å². The number of methoxy groups -OCH3 is 1. The highest BCUT2D eigenvalue weighted by molar-refractivity contribution is 6.38. The molecule has 86 valence electrons. The minimum atomic E-state index is -1.17. The zero-order chi connectivity index (χ0) is 11.5. The lowest BCUT2D eigenvalue weighted by Crippen LogP contribution is -2.25. The van der Waals surface area contributed by atoms with Crippen LogP contribution in [0.25, 0.3) is 0 Å². The summed E-state index contributed by atoms with van der Waals surface area (Å²) < 4.78 is 9.47. The molecular formula is C10H15ClO4. The molecule has 4 nitrogen and oxygen atoms in total. The number of ether oxygens (including phenoxy) is 2. The number of rotatable bonds is 5. The Morgan fingerprint density at radius 1 is 1.53 bits per heavy atom. The van der Waals surface area contributed by atoms with Crippen molar-refractivity contribution in [3.8, 4) is 0 Å². The number of carbonyl (C=O) groups excluding carboxylic acids is 2. The first-order valence-electron chi connectivity index (χ1n) is 5.00. The second-order valence-electron chi connectivity index (χ2n) is 3.63. The van der Waals surface area contributed by atoms with Crippen molar-refractivity contribution in [1.29, 1.82) is 0 Å². The van der Waals surface area contributed by atoms with Crippen LogP contribution in [-0.2, 0) is 19.1 Å². The first-order valence-corrected chi connectivity index (χ1v) is 5.38. The minimum Gasteiger partial charge on any atom is -0.469 e. The van der Waals surface area contributed by atoms with Crippen LogP contribution in [0.3, 0.4) is 0 Å². The van der Waals surface area contributed by atoms with Crippen LogP contribution in [0.5, 0.6) is 0 Å². The Morgan fingerprint density at radius 3 is 2.73 bits per heavy atom. The molecule has 5 heteroatoms. The average molecular weight is 235 g/mol. The minimum absolute atomic E-state index is 0.312. The van der Waals surface area contributed by atoms with Gasteiger partial charge in [-0.05, 0) is 12.8 Å². The number of esters is 2. The summed E-state index contributed by atoms with van der Waals surface area (Å²) in [6, 6.07) is 0. The summed E-state index contributed by atoms with van der Waals surface area (Å²) in [6.45, 7) is 2.36. The van der Waals surface area contributed by atoms with Crippen molar-refractivity contribution in [3.63, 3.8) is 0 Å². The highest BCUT2D eigenvalue weighted by atomic mass is 35.5. The SMILES string of the molecule is CCCCOC(=O)C1(Cl)CC1C(=O)OC. The van der Waals surface area contributed by atoms with Crippen LogP contribution < -0.4 is 0 Å². The lowest BCUT2D eigenvalue weighted by Gasteiger charge is -2.08. The van der Waals surface area contributed by atoms with E-state index < -0.39 is 22.7 Å². The zero-order valence-corrected chi connectivity index (χ0v) is 9.67. The molecule has 0 saturated heterocycles. The molecule has 0 radical (unpaired) electrons. The number of alkyl halides is 1. The van der Waals surface area contributed by atoms with Gasteiger partial charge >= 0.3 is 11.9 Å². The van der Waals surface area contributed by atoms with Crippen molar-refractivity contribution in [2.24, 2.45) is 5.92 Å². The fourth-order valence-corrected chi connectivity index (χ4v) is 1.60. The summed E-state index contributed by atoms with van der Waals surface area (Å²) in [6.07, 6.45) is 2.07. The van der Waals surface area contributed by atoms with Gasteiger partial charge in [-0.1, -0.05) is 13.3 Å². The second kappa shape index (κ2) is 4.84. The molecule has 0 amide bonds. The fraction of sp³-hybridized carbons (Fsp3) is 0.800. The van der Waals surface area contributed by atoms with Crippen LogP contribution in [0.2, 0.25) is 0 Å². The molecule has 1 fully saturated rings. The van der Waals surface area contributed by atoms with Gasteiger partial charge in [0.2, 0.25) is 0 Å². The largest absolute Gasteiger partial charge is 0.469 e. The number of hydrogen-bond donors (Lipinski definition) is 0. The summed E-state index contributed by atoms with van der Waals surface area (Å²) in [5.41, 5.74) is 0. The monoisotopic (exact) mass is 234 g/mol. The highest BCUT2D eigenvalue weighted by Gasteiger charge is 2.65. The second-order valence-corrected chi connectivity index (χ2v) is 4.31. The normalized spacial score (nSPS) is 28.3. The standard InChI is InChI=1S/C10H15ClO4/c1-3-4-5-15-9(13)10(11)6-7(10)8(12)14-2/h7H,3-6H2,1-2H3. The fourth-order valence-electron chi connectivity index (χ4n) is 1.31. The summed E-state index contributed by atoms with van der Waals surface area (Å²) in [5, 5.41) is 0. The Balaban J connectivity index is 2.38. The maximum atomic E-state index is 11.5. The van der Waals surface area contributed by atoms with Gasteiger partial charge in [0.05, 0.1) is 19.6 Å². The van der Waals surface area contributed by atoms with E-state index in [-0.39, 0.29) is 0 Å². The molecule has 1 aliphatic rings. The molecular weight excluding hydrogens is 220 g/mol. The molecule has 0 aromatic heterocycles. The first kappa shape index (κ1) is 12.3. The van der Waals surface area contributed by atoms with Crippen molar-refractivity contribution in [1.82, 2.24) is 0 Å². The smallest absolute Gasteiger partial charge is 0.328 e. The number of carbonyl (C=O) groups is 2. The van der Waals surface area contributed by atoms with Crippen LogP contribution in [0, 0.1) is 5.92 Å². The molecule has 0 heterocycles. The van der Waals surface area contributed by atoms with Gasteiger partial charge in [-0.15, -0.1) is 11.6 Å². The van der Waals surface area contributed by atoms with Crippen LogP contribution in [0.15, 0.2) is 0 Å². The Hall–Kier alpha value is -0.770. The third-order valence-electron chi connectivity index (χ3n) is 2.45. The van der Waals surface area contributed by atoms with Gasteiger partial charge in [-0.3, -0.25) is 9.59 Å². The van der Waals surface area contributed by atoms with Crippen molar-refractivity contribution in [3.05, 3.63) is 0 Å². The van der Waals surface area contributed by atoms with E-state index in [9.17, 15) is 9.59 Å². The summed E-state index contributed by atoms with van der Waals surface area (Å²) in [7, 11) is 1.28.